The number of sulfonamides is 1. The van der Waals surface area contributed by atoms with Crippen LogP contribution in [0.3, 0.4) is 0 Å². The van der Waals surface area contributed by atoms with Gasteiger partial charge in [-0.3, -0.25) is 9.69 Å². The van der Waals surface area contributed by atoms with Crippen molar-refractivity contribution >= 4 is 15.9 Å². The maximum atomic E-state index is 13.6. The van der Waals surface area contributed by atoms with Gasteiger partial charge >= 0.3 is 0 Å². The Morgan fingerprint density at radius 3 is 2.02 bits per heavy atom. The van der Waals surface area contributed by atoms with E-state index in [2.05, 4.69) is 21.9 Å². The van der Waals surface area contributed by atoms with Gasteiger partial charge in [-0.2, -0.15) is 4.72 Å². The Labute approximate surface area is 336 Å². The predicted octanol–water partition coefficient (Wildman–Crippen LogP) is 6.54. The van der Waals surface area contributed by atoms with Gasteiger partial charge < -0.3 is 25.0 Å². The van der Waals surface area contributed by atoms with Crippen molar-refractivity contribution < 1.29 is 32.9 Å². The van der Waals surface area contributed by atoms with Crippen LogP contribution in [0, 0.1) is 12.8 Å². The number of carbonyl (C=O) groups is 1. The van der Waals surface area contributed by atoms with Crippen molar-refractivity contribution in [3.63, 3.8) is 0 Å². The average Bonchev–Trinajstić information content (AvgIpc) is 3.23. The number of hydrogen-bond acceptors (Lipinski definition) is 8. The number of aryl methyl sites for hydroxylation is 1. The first-order valence-electron chi connectivity index (χ1n) is 19.3. The summed E-state index contributed by atoms with van der Waals surface area (Å²) in [4.78, 5) is 15.8. The quantitative estimate of drug-likeness (QED) is 0.0885. The smallest absolute Gasteiger partial charge is 0.241 e. The predicted molar refractivity (Wildman–Crippen MR) is 220 cm³/mol. The molecule has 0 radical (unpaired) electrons. The third-order valence-corrected chi connectivity index (χ3v) is 12.3. The van der Waals surface area contributed by atoms with Gasteiger partial charge in [0.1, 0.15) is 6.04 Å². The van der Waals surface area contributed by atoms with Crippen molar-refractivity contribution in [1.29, 1.82) is 0 Å². The minimum absolute atomic E-state index is 0.0495. The Bertz CT molecular complexity index is 2140. The van der Waals surface area contributed by atoms with E-state index in [-0.39, 0.29) is 48.6 Å². The lowest BCUT2D eigenvalue weighted by atomic mass is 9.89. The maximum absolute atomic E-state index is 13.6. The Morgan fingerprint density at radius 2 is 1.39 bits per heavy atom. The molecular weight excluding hydrogens is 739 g/mol. The first-order valence-corrected chi connectivity index (χ1v) is 20.8. The van der Waals surface area contributed by atoms with Crippen LogP contribution in [-0.4, -0.2) is 61.2 Å². The minimum atomic E-state index is -3.97. The van der Waals surface area contributed by atoms with E-state index in [4.69, 9.17) is 9.47 Å². The highest BCUT2D eigenvalue weighted by atomic mass is 32.2. The number of benzene rings is 5. The second-order valence-corrected chi connectivity index (χ2v) is 16.7. The molecule has 7 atom stereocenters. The van der Waals surface area contributed by atoms with Crippen LogP contribution >= 0.6 is 0 Å². The van der Waals surface area contributed by atoms with Crippen LogP contribution in [0.25, 0.3) is 0 Å². The van der Waals surface area contributed by atoms with Crippen LogP contribution < -0.4 is 10.0 Å². The van der Waals surface area contributed by atoms with E-state index in [1.165, 1.54) is 12.1 Å². The molecule has 10 nitrogen and oxygen atoms in total. The lowest BCUT2D eigenvalue weighted by Gasteiger charge is -2.43. The second kappa shape index (κ2) is 19.1. The van der Waals surface area contributed by atoms with Crippen molar-refractivity contribution in [2.24, 2.45) is 5.92 Å². The molecule has 4 N–H and O–H groups in total. The van der Waals surface area contributed by atoms with E-state index in [0.717, 1.165) is 38.9 Å². The summed E-state index contributed by atoms with van der Waals surface area (Å²) in [7, 11) is -1.98. The number of carbonyl (C=O) groups excluding carboxylic acids is 1. The lowest BCUT2D eigenvalue weighted by molar-refractivity contribution is -0.276. The Kier molecular flexibility index (Phi) is 14.1. The summed E-state index contributed by atoms with van der Waals surface area (Å²) in [5, 5.41) is 23.8. The number of ether oxygens (including phenoxy) is 2. The molecule has 1 fully saturated rings. The topological polar surface area (TPSA) is 137 Å². The molecular formula is C46H53N3O7S. The standard InChI is InChI=1S/C46H53N3O7S/c1-31-15-25-40(26-16-31)57(53,54)48-41(27-34-11-7-5-8-12-34)45(52)47-28-35-17-23-39(24-18-35)46-55-42(29-49(4)33(3)43(51)37-13-9-6-10-14-37)32(2)44(56-46)38-21-19-36(30-50)20-22-38/h5-26,32-33,41-44,46,48,50-51H,27-30H2,1-4H3,(H,47,52)/t32-,33-,41+,42+,43-,44+,46?/m0/s1. The summed E-state index contributed by atoms with van der Waals surface area (Å²) in [6.07, 6.45) is -1.78. The summed E-state index contributed by atoms with van der Waals surface area (Å²) in [6, 6.07) is 39.6. The van der Waals surface area contributed by atoms with Gasteiger partial charge in [0.25, 0.3) is 0 Å². The third kappa shape index (κ3) is 10.8. The molecule has 1 unspecified atom stereocenters. The Balaban J connectivity index is 1.16. The summed E-state index contributed by atoms with van der Waals surface area (Å²) in [5.74, 6) is -0.494. The zero-order valence-corrected chi connectivity index (χ0v) is 33.7. The zero-order chi connectivity index (χ0) is 40.5. The number of aliphatic hydroxyl groups excluding tert-OH is 2. The molecule has 1 aliphatic heterocycles. The van der Waals surface area contributed by atoms with Crippen molar-refractivity contribution in [3.05, 3.63) is 172 Å². The van der Waals surface area contributed by atoms with Crippen LogP contribution in [0.5, 0.6) is 0 Å². The van der Waals surface area contributed by atoms with E-state index < -0.39 is 34.4 Å². The number of aliphatic hydroxyl groups is 2. The normalized spacial score (nSPS) is 20.1. The molecule has 11 heteroatoms. The van der Waals surface area contributed by atoms with Crippen molar-refractivity contribution in [3.8, 4) is 0 Å². The molecule has 0 aromatic heterocycles. The summed E-state index contributed by atoms with van der Waals surface area (Å²) in [5.41, 5.74) is 6.00. The lowest BCUT2D eigenvalue weighted by Crippen LogP contribution is -2.47. The molecule has 0 aliphatic carbocycles. The maximum Gasteiger partial charge on any atom is 0.241 e. The van der Waals surface area contributed by atoms with Crippen LogP contribution in [0.4, 0.5) is 0 Å². The molecule has 0 spiro atoms. The molecule has 300 valence electrons. The largest absolute Gasteiger partial charge is 0.392 e. The first-order chi connectivity index (χ1) is 27.4. The Hall–Kier alpha value is -4.72. The second-order valence-electron chi connectivity index (χ2n) is 15.0. The first kappa shape index (κ1) is 41.9. The summed E-state index contributed by atoms with van der Waals surface area (Å²) in [6.45, 7) is 6.66. The molecule has 0 bridgehead atoms. The average molecular weight is 792 g/mol. The zero-order valence-electron chi connectivity index (χ0n) is 32.9. The van der Waals surface area contributed by atoms with Crippen LogP contribution in [0.2, 0.25) is 0 Å². The molecule has 1 amide bonds. The molecule has 5 aromatic carbocycles. The molecule has 0 saturated carbocycles. The number of nitrogens with zero attached hydrogens (tertiary/aromatic N) is 1. The van der Waals surface area contributed by atoms with Gasteiger partial charge in [0.2, 0.25) is 15.9 Å². The van der Waals surface area contributed by atoms with Gasteiger partial charge in [-0.1, -0.05) is 134 Å². The third-order valence-electron chi connectivity index (χ3n) is 10.8. The van der Waals surface area contributed by atoms with E-state index in [9.17, 15) is 23.4 Å². The molecule has 57 heavy (non-hydrogen) atoms. The van der Waals surface area contributed by atoms with Crippen LogP contribution in [0.1, 0.15) is 71.3 Å². The molecule has 1 heterocycles. The highest BCUT2D eigenvalue weighted by molar-refractivity contribution is 7.89. The van der Waals surface area contributed by atoms with Gasteiger partial charge in [0.15, 0.2) is 6.29 Å². The van der Waals surface area contributed by atoms with E-state index in [0.29, 0.717) is 6.54 Å². The van der Waals surface area contributed by atoms with E-state index >= 15 is 0 Å². The van der Waals surface area contributed by atoms with Crippen LogP contribution in [-0.2, 0) is 43.9 Å². The number of likely N-dealkylation sites (N-methyl/N-ethyl adjacent to an activating group) is 1. The van der Waals surface area contributed by atoms with Crippen molar-refractivity contribution in [2.45, 2.75) is 81.9 Å². The SMILES string of the molecule is Cc1ccc(S(=O)(=O)N[C@H](Cc2ccccc2)C(=O)NCc2ccc(C3O[C@H](CN(C)[C@@H](C)[C@H](O)c4ccccc4)[C@H](C)[C@H](c4ccc(CO)cc4)O3)cc2)cc1. The van der Waals surface area contributed by atoms with Gasteiger partial charge in [-0.05, 0) is 67.3 Å². The van der Waals surface area contributed by atoms with E-state index in [1.54, 1.807) is 12.1 Å². The fourth-order valence-corrected chi connectivity index (χ4v) is 8.26. The number of amides is 1. The molecule has 1 aliphatic rings. The number of hydrogen-bond donors (Lipinski definition) is 4. The fraction of sp³-hybridized carbons (Fsp3) is 0.326. The number of rotatable bonds is 16. The summed E-state index contributed by atoms with van der Waals surface area (Å²) >= 11 is 0. The highest BCUT2D eigenvalue weighted by Crippen LogP contribution is 2.42. The van der Waals surface area contributed by atoms with Crippen molar-refractivity contribution in [2.75, 3.05) is 13.6 Å². The van der Waals surface area contributed by atoms with Gasteiger partial charge in [-0.25, -0.2) is 8.42 Å². The molecule has 6 rings (SSSR count). The minimum Gasteiger partial charge on any atom is -0.392 e. The number of nitrogens with one attached hydrogen (secondary N) is 2. The molecule has 5 aromatic rings. The van der Waals surface area contributed by atoms with Gasteiger partial charge in [0, 0.05) is 30.6 Å². The highest BCUT2D eigenvalue weighted by Gasteiger charge is 2.39. The monoisotopic (exact) mass is 791 g/mol. The van der Waals surface area contributed by atoms with Gasteiger partial charge in [-0.15, -0.1) is 0 Å². The Morgan fingerprint density at radius 1 is 0.789 bits per heavy atom. The summed E-state index contributed by atoms with van der Waals surface area (Å²) < 4.78 is 42.7. The van der Waals surface area contributed by atoms with Crippen molar-refractivity contribution in [1.82, 2.24) is 14.9 Å². The van der Waals surface area contributed by atoms with Gasteiger partial charge in [0.05, 0.1) is 29.8 Å². The molecule has 1 saturated heterocycles. The van der Waals surface area contributed by atoms with E-state index in [1.807, 2.05) is 130 Å². The fourth-order valence-electron chi connectivity index (χ4n) is 7.06. The van der Waals surface area contributed by atoms with Crippen LogP contribution in [0.15, 0.2) is 138 Å².